The van der Waals surface area contributed by atoms with Crippen molar-refractivity contribution in [1.29, 1.82) is 5.26 Å². The molecule has 0 saturated heterocycles. The summed E-state index contributed by atoms with van der Waals surface area (Å²) in [6.07, 6.45) is -2.58. The third-order valence-electron chi connectivity index (χ3n) is 1.70. The second-order valence-electron chi connectivity index (χ2n) is 2.59. The number of rotatable bonds is 2. The van der Waals surface area contributed by atoms with Crippen LogP contribution in [0.5, 0.6) is 0 Å². The van der Waals surface area contributed by atoms with Crippen molar-refractivity contribution in [1.82, 2.24) is 0 Å². The summed E-state index contributed by atoms with van der Waals surface area (Å²) >= 11 is 0. The van der Waals surface area contributed by atoms with Gasteiger partial charge in [0.2, 0.25) is 0 Å². The summed E-state index contributed by atoms with van der Waals surface area (Å²) in [5, 5.41) is 8.45. The first-order chi connectivity index (χ1) is 6.15. The Morgan fingerprint density at radius 1 is 1.23 bits per heavy atom. The molecule has 0 fully saturated rings. The van der Waals surface area contributed by atoms with Gasteiger partial charge in [-0.2, -0.15) is 5.26 Å². The Morgan fingerprint density at radius 2 is 1.77 bits per heavy atom. The van der Waals surface area contributed by atoms with Crippen LogP contribution in [0, 0.1) is 11.3 Å². The molecular formula is C9H8F2N2. The minimum absolute atomic E-state index is 0.342. The van der Waals surface area contributed by atoms with Gasteiger partial charge in [-0.1, -0.05) is 12.1 Å². The molecule has 0 aliphatic rings. The first-order valence-electron chi connectivity index (χ1n) is 3.69. The van der Waals surface area contributed by atoms with Crippen LogP contribution in [-0.4, -0.2) is 6.43 Å². The molecule has 2 nitrogen and oxygen atoms in total. The van der Waals surface area contributed by atoms with E-state index in [0.717, 1.165) is 0 Å². The van der Waals surface area contributed by atoms with Crippen molar-refractivity contribution in [3.63, 3.8) is 0 Å². The fourth-order valence-corrected chi connectivity index (χ4v) is 0.925. The van der Waals surface area contributed by atoms with Crippen molar-refractivity contribution in [2.75, 3.05) is 0 Å². The third kappa shape index (κ3) is 2.23. The van der Waals surface area contributed by atoms with E-state index in [2.05, 4.69) is 0 Å². The molecule has 4 heteroatoms. The summed E-state index contributed by atoms with van der Waals surface area (Å²) in [6, 6.07) is 6.44. The molecule has 1 rings (SSSR count). The van der Waals surface area contributed by atoms with E-state index in [9.17, 15) is 8.78 Å². The molecular weight excluding hydrogens is 174 g/mol. The molecule has 13 heavy (non-hydrogen) atoms. The number of halogens is 2. The summed E-state index contributed by atoms with van der Waals surface area (Å²) in [5.41, 5.74) is 5.97. The van der Waals surface area contributed by atoms with E-state index in [4.69, 9.17) is 11.0 Å². The second kappa shape index (κ2) is 3.97. The molecule has 0 heterocycles. The molecule has 1 atom stereocenters. The lowest BCUT2D eigenvalue weighted by molar-refractivity contribution is 0.116. The van der Waals surface area contributed by atoms with Gasteiger partial charge in [0.15, 0.2) is 0 Å². The molecule has 0 aliphatic carbocycles. The molecule has 0 spiro atoms. The number of benzene rings is 1. The van der Waals surface area contributed by atoms with Crippen molar-refractivity contribution in [2.24, 2.45) is 5.73 Å². The Balaban J connectivity index is 2.87. The van der Waals surface area contributed by atoms with E-state index in [0.29, 0.717) is 11.1 Å². The van der Waals surface area contributed by atoms with Crippen molar-refractivity contribution < 1.29 is 8.78 Å². The Hall–Kier alpha value is -1.47. The van der Waals surface area contributed by atoms with Gasteiger partial charge in [-0.05, 0) is 17.7 Å². The van der Waals surface area contributed by atoms with E-state index in [1.165, 1.54) is 24.3 Å². The van der Waals surface area contributed by atoms with Gasteiger partial charge in [-0.3, -0.25) is 0 Å². The normalized spacial score (nSPS) is 12.5. The summed E-state index contributed by atoms with van der Waals surface area (Å²) in [6.45, 7) is 0. The van der Waals surface area contributed by atoms with Gasteiger partial charge in [-0.25, -0.2) is 8.78 Å². The fourth-order valence-electron chi connectivity index (χ4n) is 0.925. The van der Waals surface area contributed by atoms with E-state index < -0.39 is 12.5 Å². The maximum atomic E-state index is 12.1. The molecule has 0 aromatic heterocycles. The van der Waals surface area contributed by atoms with Crippen LogP contribution in [-0.2, 0) is 0 Å². The van der Waals surface area contributed by atoms with E-state index in [1.54, 1.807) is 0 Å². The molecule has 0 radical (unpaired) electrons. The monoisotopic (exact) mass is 182 g/mol. The van der Waals surface area contributed by atoms with E-state index >= 15 is 0 Å². The predicted octanol–water partition coefficient (Wildman–Crippen LogP) is 1.82. The number of alkyl halides is 2. The highest BCUT2D eigenvalue weighted by Gasteiger charge is 2.16. The minimum Gasteiger partial charge on any atom is -0.319 e. The number of hydrogen-bond acceptors (Lipinski definition) is 2. The maximum Gasteiger partial charge on any atom is 0.257 e. The molecule has 1 aromatic rings. The van der Waals surface area contributed by atoms with Gasteiger partial charge < -0.3 is 5.73 Å². The highest BCUT2D eigenvalue weighted by atomic mass is 19.3. The van der Waals surface area contributed by atoms with Crippen LogP contribution in [0.15, 0.2) is 24.3 Å². The number of nitrogens with zero attached hydrogens (tertiary/aromatic N) is 1. The standard InChI is InChI=1S/C9H8F2N2/c10-9(11)8(13)7-3-1-6(5-12)2-4-7/h1-4,8-9H,13H2. The van der Waals surface area contributed by atoms with Crippen molar-refractivity contribution in [3.8, 4) is 6.07 Å². The quantitative estimate of drug-likeness (QED) is 0.758. The number of nitrogens with two attached hydrogens (primary N) is 1. The Labute approximate surface area is 74.6 Å². The van der Waals surface area contributed by atoms with E-state index in [-0.39, 0.29) is 0 Å². The SMILES string of the molecule is N#Cc1ccc(C(N)C(F)F)cc1. The second-order valence-corrected chi connectivity index (χ2v) is 2.59. The highest BCUT2D eigenvalue weighted by molar-refractivity contribution is 5.32. The van der Waals surface area contributed by atoms with Crippen LogP contribution in [0.2, 0.25) is 0 Å². The lowest BCUT2D eigenvalue weighted by atomic mass is 10.1. The van der Waals surface area contributed by atoms with Gasteiger partial charge in [0.1, 0.15) is 0 Å². The van der Waals surface area contributed by atoms with Gasteiger partial charge in [0.05, 0.1) is 17.7 Å². The Bertz CT molecular complexity index is 313. The predicted molar refractivity (Wildman–Crippen MR) is 44.1 cm³/mol. The van der Waals surface area contributed by atoms with Crippen molar-refractivity contribution >= 4 is 0 Å². The van der Waals surface area contributed by atoms with Crippen LogP contribution in [0.1, 0.15) is 17.2 Å². The molecule has 0 bridgehead atoms. The lowest BCUT2D eigenvalue weighted by Crippen LogP contribution is -2.18. The number of nitriles is 1. The summed E-state index contributed by atoms with van der Waals surface area (Å²) in [4.78, 5) is 0. The molecule has 0 aliphatic heterocycles. The number of hydrogen-bond donors (Lipinski definition) is 1. The van der Waals surface area contributed by atoms with Crippen molar-refractivity contribution in [2.45, 2.75) is 12.5 Å². The smallest absolute Gasteiger partial charge is 0.257 e. The van der Waals surface area contributed by atoms with Crippen LogP contribution in [0.4, 0.5) is 8.78 Å². The van der Waals surface area contributed by atoms with Crippen molar-refractivity contribution in [3.05, 3.63) is 35.4 Å². The van der Waals surface area contributed by atoms with Gasteiger partial charge in [0, 0.05) is 0 Å². The van der Waals surface area contributed by atoms with Gasteiger partial charge in [0.25, 0.3) is 6.43 Å². The zero-order valence-corrected chi connectivity index (χ0v) is 6.74. The average Bonchev–Trinajstić information content (AvgIpc) is 2.17. The van der Waals surface area contributed by atoms with Gasteiger partial charge >= 0.3 is 0 Å². The lowest BCUT2D eigenvalue weighted by Gasteiger charge is -2.09. The average molecular weight is 182 g/mol. The first kappa shape index (κ1) is 9.62. The van der Waals surface area contributed by atoms with Crippen LogP contribution >= 0.6 is 0 Å². The zero-order valence-electron chi connectivity index (χ0n) is 6.74. The molecule has 1 aromatic carbocycles. The van der Waals surface area contributed by atoms with Crippen LogP contribution in [0.3, 0.4) is 0 Å². The van der Waals surface area contributed by atoms with Gasteiger partial charge in [-0.15, -0.1) is 0 Å². The minimum atomic E-state index is -2.58. The third-order valence-corrected chi connectivity index (χ3v) is 1.70. The maximum absolute atomic E-state index is 12.1. The highest BCUT2D eigenvalue weighted by Crippen LogP contribution is 2.17. The zero-order chi connectivity index (χ0) is 9.84. The summed E-state index contributed by atoms with van der Waals surface area (Å²) in [5.74, 6) is 0. The first-order valence-corrected chi connectivity index (χ1v) is 3.69. The molecule has 2 N–H and O–H groups in total. The molecule has 1 unspecified atom stereocenters. The molecule has 68 valence electrons. The molecule has 0 amide bonds. The summed E-state index contributed by atoms with van der Waals surface area (Å²) in [7, 11) is 0. The topological polar surface area (TPSA) is 49.8 Å². The Morgan fingerprint density at radius 3 is 2.15 bits per heavy atom. The fraction of sp³-hybridized carbons (Fsp3) is 0.222. The summed E-state index contributed by atoms with van der Waals surface area (Å²) < 4.78 is 24.2. The van der Waals surface area contributed by atoms with Crippen LogP contribution < -0.4 is 5.73 Å². The Kier molecular flexibility index (Phi) is 2.93. The largest absolute Gasteiger partial charge is 0.319 e. The van der Waals surface area contributed by atoms with E-state index in [1.807, 2.05) is 6.07 Å². The molecule has 0 saturated carbocycles. The van der Waals surface area contributed by atoms with Crippen LogP contribution in [0.25, 0.3) is 0 Å².